The van der Waals surface area contributed by atoms with Gasteiger partial charge in [0.25, 0.3) is 0 Å². The van der Waals surface area contributed by atoms with Crippen molar-refractivity contribution in [2.24, 2.45) is 0 Å². The molecule has 2 aromatic carbocycles. The molecule has 142 valence electrons. The van der Waals surface area contributed by atoms with Gasteiger partial charge in [-0.3, -0.25) is 9.59 Å². The molecule has 1 aliphatic heterocycles. The van der Waals surface area contributed by atoms with Crippen molar-refractivity contribution in [2.45, 2.75) is 19.9 Å². The summed E-state index contributed by atoms with van der Waals surface area (Å²) in [5.74, 6) is 1.16. The number of hydrogen-bond acceptors (Lipinski definition) is 4. The normalized spacial score (nSPS) is 12.4. The van der Waals surface area contributed by atoms with Gasteiger partial charge in [0.2, 0.25) is 11.8 Å². The molecule has 0 bridgehead atoms. The molecule has 6 nitrogen and oxygen atoms in total. The van der Waals surface area contributed by atoms with Crippen molar-refractivity contribution in [1.29, 1.82) is 0 Å². The van der Waals surface area contributed by atoms with E-state index in [1.165, 1.54) is 6.92 Å². The van der Waals surface area contributed by atoms with E-state index in [0.717, 1.165) is 5.56 Å². The summed E-state index contributed by atoms with van der Waals surface area (Å²) in [6.45, 7) is 3.36. The van der Waals surface area contributed by atoms with Crippen LogP contribution in [-0.4, -0.2) is 43.5 Å². The number of anilines is 1. The minimum absolute atomic E-state index is 0.0114. The molecule has 1 aliphatic rings. The van der Waals surface area contributed by atoms with Gasteiger partial charge in [0.15, 0.2) is 11.5 Å². The second-order valence-electron chi connectivity index (χ2n) is 6.48. The first-order valence-corrected chi connectivity index (χ1v) is 9.00. The number of carbonyl (C=O) groups is 2. The van der Waals surface area contributed by atoms with Gasteiger partial charge < -0.3 is 19.3 Å². The molecule has 6 heteroatoms. The van der Waals surface area contributed by atoms with Crippen LogP contribution in [0, 0.1) is 0 Å². The fourth-order valence-corrected chi connectivity index (χ4v) is 3.01. The average molecular weight is 368 g/mol. The molecule has 27 heavy (non-hydrogen) atoms. The summed E-state index contributed by atoms with van der Waals surface area (Å²) in [4.78, 5) is 27.9. The van der Waals surface area contributed by atoms with Gasteiger partial charge in [0.05, 0.1) is 0 Å². The number of hydrogen-bond donors (Lipinski definition) is 0. The minimum Gasteiger partial charge on any atom is -0.486 e. The molecule has 0 radical (unpaired) electrons. The van der Waals surface area contributed by atoms with Crippen molar-refractivity contribution in [3.05, 3.63) is 54.1 Å². The maximum atomic E-state index is 12.5. The van der Waals surface area contributed by atoms with Crippen LogP contribution in [0.15, 0.2) is 48.5 Å². The number of nitrogens with zero attached hydrogens (tertiary/aromatic N) is 2. The Labute approximate surface area is 159 Å². The van der Waals surface area contributed by atoms with E-state index in [-0.39, 0.29) is 18.2 Å². The maximum absolute atomic E-state index is 12.5. The third-order valence-electron chi connectivity index (χ3n) is 4.46. The number of amides is 2. The molecule has 2 amide bonds. The molecule has 0 saturated carbocycles. The molecule has 0 fully saturated rings. The number of carbonyl (C=O) groups excluding carboxylic acids is 2. The highest BCUT2D eigenvalue weighted by molar-refractivity contribution is 5.92. The lowest BCUT2D eigenvalue weighted by Crippen LogP contribution is -2.34. The first-order valence-electron chi connectivity index (χ1n) is 9.00. The van der Waals surface area contributed by atoms with E-state index in [1.807, 2.05) is 36.4 Å². The van der Waals surface area contributed by atoms with Crippen molar-refractivity contribution in [1.82, 2.24) is 4.90 Å². The van der Waals surface area contributed by atoms with Gasteiger partial charge in [-0.25, -0.2) is 0 Å². The van der Waals surface area contributed by atoms with Crippen molar-refractivity contribution >= 4 is 17.5 Å². The number of benzene rings is 2. The molecule has 0 unspecified atom stereocenters. The number of rotatable bonds is 6. The Hall–Kier alpha value is -3.02. The number of ether oxygens (including phenoxy) is 2. The molecule has 1 heterocycles. The third-order valence-corrected chi connectivity index (χ3v) is 4.46. The zero-order chi connectivity index (χ0) is 19.2. The molecule has 0 aromatic heterocycles. The number of fused-ring (bicyclic) bond motifs is 1. The van der Waals surface area contributed by atoms with Crippen LogP contribution in [0.1, 0.15) is 18.9 Å². The van der Waals surface area contributed by atoms with Crippen LogP contribution in [0.2, 0.25) is 0 Å². The van der Waals surface area contributed by atoms with Gasteiger partial charge in [0, 0.05) is 45.2 Å². The van der Waals surface area contributed by atoms with E-state index in [4.69, 9.17) is 9.47 Å². The fourth-order valence-electron chi connectivity index (χ4n) is 3.01. The predicted molar refractivity (Wildman–Crippen MR) is 103 cm³/mol. The van der Waals surface area contributed by atoms with E-state index in [1.54, 1.807) is 29.0 Å². The third kappa shape index (κ3) is 4.78. The predicted octanol–water partition coefficient (Wildman–Crippen LogP) is 2.86. The quantitative estimate of drug-likeness (QED) is 0.787. The van der Waals surface area contributed by atoms with Crippen molar-refractivity contribution in [2.75, 3.05) is 31.7 Å². The van der Waals surface area contributed by atoms with Gasteiger partial charge in [-0.2, -0.15) is 0 Å². The Morgan fingerprint density at radius 1 is 1.00 bits per heavy atom. The Bertz CT molecular complexity index is 807. The molecule has 0 saturated heterocycles. The van der Waals surface area contributed by atoms with Crippen LogP contribution in [0.5, 0.6) is 11.5 Å². The van der Waals surface area contributed by atoms with Crippen LogP contribution in [0.3, 0.4) is 0 Å². The van der Waals surface area contributed by atoms with Crippen molar-refractivity contribution in [3.63, 3.8) is 0 Å². The van der Waals surface area contributed by atoms with E-state index in [2.05, 4.69) is 0 Å². The van der Waals surface area contributed by atoms with Gasteiger partial charge in [0.1, 0.15) is 13.2 Å². The summed E-state index contributed by atoms with van der Waals surface area (Å²) in [6, 6.07) is 15.2. The molecule has 0 N–H and O–H groups in total. The topological polar surface area (TPSA) is 59.1 Å². The van der Waals surface area contributed by atoms with E-state index >= 15 is 0 Å². The highest BCUT2D eigenvalue weighted by Gasteiger charge is 2.19. The Morgan fingerprint density at radius 2 is 1.70 bits per heavy atom. The SMILES string of the molecule is CC(=O)N(CCC(=O)N(C)Cc1ccccc1)c1ccc2c(c1)OCCO2. The summed E-state index contributed by atoms with van der Waals surface area (Å²) < 4.78 is 11.1. The van der Waals surface area contributed by atoms with E-state index in [0.29, 0.717) is 43.5 Å². The van der Waals surface area contributed by atoms with Crippen LogP contribution in [0.4, 0.5) is 5.69 Å². The van der Waals surface area contributed by atoms with Crippen LogP contribution in [-0.2, 0) is 16.1 Å². The first kappa shape index (κ1) is 18.8. The lowest BCUT2D eigenvalue weighted by atomic mass is 10.2. The highest BCUT2D eigenvalue weighted by atomic mass is 16.6. The van der Waals surface area contributed by atoms with Gasteiger partial charge in [-0.1, -0.05) is 30.3 Å². The van der Waals surface area contributed by atoms with Crippen LogP contribution >= 0.6 is 0 Å². The Kier molecular flexibility index (Phi) is 5.96. The zero-order valence-electron chi connectivity index (χ0n) is 15.7. The largest absolute Gasteiger partial charge is 0.486 e. The maximum Gasteiger partial charge on any atom is 0.224 e. The van der Waals surface area contributed by atoms with E-state index in [9.17, 15) is 9.59 Å². The second-order valence-corrected chi connectivity index (χ2v) is 6.48. The van der Waals surface area contributed by atoms with E-state index < -0.39 is 0 Å². The monoisotopic (exact) mass is 368 g/mol. The molecular weight excluding hydrogens is 344 g/mol. The molecule has 0 atom stereocenters. The molecular formula is C21H24N2O4. The van der Waals surface area contributed by atoms with Gasteiger partial charge in [-0.05, 0) is 17.7 Å². The molecule has 0 spiro atoms. The van der Waals surface area contributed by atoms with Crippen molar-refractivity contribution in [3.8, 4) is 11.5 Å². The smallest absolute Gasteiger partial charge is 0.224 e. The second kappa shape index (κ2) is 8.58. The first-order chi connectivity index (χ1) is 13.0. The van der Waals surface area contributed by atoms with Gasteiger partial charge in [-0.15, -0.1) is 0 Å². The van der Waals surface area contributed by atoms with Crippen LogP contribution < -0.4 is 14.4 Å². The lowest BCUT2D eigenvalue weighted by molar-refractivity contribution is -0.130. The average Bonchev–Trinajstić information content (AvgIpc) is 2.68. The summed E-state index contributed by atoms with van der Waals surface area (Å²) in [6.07, 6.45) is 0.247. The summed E-state index contributed by atoms with van der Waals surface area (Å²) >= 11 is 0. The van der Waals surface area contributed by atoms with Crippen molar-refractivity contribution < 1.29 is 19.1 Å². The Balaban J connectivity index is 1.63. The molecule has 2 aromatic rings. The van der Waals surface area contributed by atoms with Crippen LogP contribution in [0.25, 0.3) is 0 Å². The summed E-state index contributed by atoms with van der Waals surface area (Å²) in [5, 5.41) is 0. The lowest BCUT2D eigenvalue weighted by Gasteiger charge is -2.25. The molecule has 3 rings (SSSR count). The summed E-state index contributed by atoms with van der Waals surface area (Å²) in [5.41, 5.74) is 1.77. The standard InChI is InChI=1S/C21H24N2O4/c1-16(24)23(18-8-9-19-20(14-18)27-13-12-26-19)11-10-21(25)22(2)15-17-6-4-3-5-7-17/h3-9,14H,10-13,15H2,1-2H3. The summed E-state index contributed by atoms with van der Waals surface area (Å²) in [7, 11) is 1.78. The fraction of sp³-hybridized carbons (Fsp3) is 0.333. The van der Waals surface area contributed by atoms with Gasteiger partial charge >= 0.3 is 0 Å². The minimum atomic E-state index is -0.120. The Morgan fingerprint density at radius 3 is 2.41 bits per heavy atom. The molecule has 0 aliphatic carbocycles. The highest BCUT2D eigenvalue weighted by Crippen LogP contribution is 2.34. The zero-order valence-corrected chi connectivity index (χ0v) is 15.7.